The van der Waals surface area contributed by atoms with Crippen LogP contribution >= 0.6 is 11.3 Å². The predicted molar refractivity (Wildman–Crippen MR) is 87.4 cm³/mol. The molecule has 20 heavy (non-hydrogen) atoms. The summed E-state index contributed by atoms with van der Waals surface area (Å²) in [4.78, 5) is 0. The number of aromatic nitrogens is 1. The van der Waals surface area contributed by atoms with Crippen molar-refractivity contribution in [3.8, 4) is 0 Å². The summed E-state index contributed by atoms with van der Waals surface area (Å²) >= 11 is 1.76. The van der Waals surface area contributed by atoms with E-state index in [4.69, 9.17) is 0 Å². The standard InChI is InChI=1S/C17H20N2S/c1-2-7-18-11-14-3-4-17-16(10-14)5-8-19(17)12-15-6-9-20-13-15/h3-6,8-10,13,18H,2,7,11-12H2,1H3. The van der Waals surface area contributed by atoms with Gasteiger partial charge in [0.25, 0.3) is 0 Å². The zero-order valence-corrected chi connectivity index (χ0v) is 12.6. The molecule has 3 aromatic rings. The third-order valence-corrected chi connectivity index (χ3v) is 4.26. The minimum Gasteiger partial charge on any atom is -0.343 e. The lowest BCUT2D eigenvalue weighted by molar-refractivity contribution is 0.676. The Balaban J connectivity index is 1.79. The number of fused-ring (bicyclic) bond motifs is 1. The van der Waals surface area contributed by atoms with Crippen LogP contribution in [-0.2, 0) is 13.1 Å². The van der Waals surface area contributed by atoms with Gasteiger partial charge in [0.15, 0.2) is 0 Å². The number of nitrogens with one attached hydrogen (secondary N) is 1. The summed E-state index contributed by atoms with van der Waals surface area (Å²) in [6.45, 7) is 5.19. The second kappa shape index (κ2) is 6.25. The quantitative estimate of drug-likeness (QED) is 0.670. The molecule has 0 amide bonds. The van der Waals surface area contributed by atoms with Crippen molar-refractivity contribution in [3.05, 3.63) is 58.4 Å². The molecule has 0 radical (unpaired) electrons. The number of rotatable bonds is 6. The molecule has 0 saturated carbocycles. The maximum absolute atomic E-state index is 3.45. The SMILES string of the molecule is CCCNCc1ccc2c(ccn2Cc2ccsc2)c1. The fourth-order valence-corrected chi connectivity index (χ4v) is 3.15. The van der Waals surface area contributed by atoms with E-state index >= 15 is 0 Å². The van der Waals surface area contributed by atoms with E-state index in [1.54, 1.807) is 11.3 Å². The third kappa shape index (κ3) is 2.94. The highest BCUT2D eigenvalue weighted by Crippen LogP contribution is 2.19. The van der Waals surface area contributed by atoms with E-state index in [0.29, 0.717) is 0 Å². The lowest BCUT2D eigenvalue weighted by Crippen LogP contribution is -2.13. The van der Waals surface area contributed by atoms with E-state index in [1.807, 2.05) is 0 Å². The monoisotopic (exact) mass is 284 g/mol. The number of hydrogen-bond donors (Lipinski definition) is 1. The molecule has 104 valence electrons. The zero-order valence-electron chi connectivity index (χ0n) is 11.8. The van der Waals surface area contributed by atoms with Gasteiger partial charge in [-0.05, 0) is 64.5 Å². The minimum atomic E-state index is 0.958. The van der Waals surface area contributed by atoms with Crippen LogP contribution in [0.1, 0.15) is 24.5 Å². The van der Waals surface area contributed by atoms with Crippen LogP contribution in [0, 0.1) is 0 Å². The fraction of sp³-hybridized carbons (Fsp3) is 0.294. The summed E-state index contributed by atoms with van der Waals surface area (Å²) in [7, 11) is 0. The normalized spacial score (nSPS) is 11.2. The summed E-state index contributed by atoms with van der Waals surface area (Å²) in [5.74, 6) is 0. The van der Waals surface area contributed by atoms with Crippen molar-refractivity contribution in [1.29, 1.82) is 0 Å². The predicted octanol–water partition coefficient (Wildman–Crippen LogP) is 4.25. The van der Waals surface area contributed by atoms with Crippen LogP contribution in [0.4, 0.5) is 0 Å². The van der Waals surface area contributed by atoms with Crippen molar-refractivity contribution in [3.63, 3.8) is 0 Å². The van der Waals surface area contributed by atoms with Crippen molar-refractivity contribution in [2.24, 2.45) is 0 Å². The largest absolute Gasteiger partial charge is 0.343 e. The van der Waals surface area contributed by atoms with E-state index in [9.17, 15) is 0 Å². The molecule has 0 saturated heterocycles. The van der Waals surface area contributed by atoms with Gasteiger partial charge in [-0.1, -0.05) is 13.0 Å². The van der Waals surface area contributed by atoms with Crippen LogP contribution in [0.5, 0.6) is 0 Å². The van der Waals surface area contributed by atoms with Crippen molar-refractivity contribution < 1.29 is 0 Å². The van der Waals surface area contributed by atoms with E-state index in [1.165, 1.54) is 28.5 Å². The molecule has 3 heteroatoms. The maximum atomic E-state index is 3.45. The van der Waals surface area contributed by atoms with Gasteiger partial charge in [-0.2, -0.15) is 11.3 Å². The van der Waals surface area contributed by atoms with E-state index < -0.39 is 0 Å². The Morgan fingerprint density at radius 1 is 1.15 bits per heavy atom. The summed E-state index contributed by atoms with van der Waals surface area (Å²) < 4.78 is 2.32. The molecule has 2 nitrogen and oxygen atoms in total. The van der Waals surface area contributed by atoms with E-state index in [2.05, 4.69) is 64.1 Å². The zero-order chi connectivity index (χ0) is 13.8. The molecule has 1 N–H and O–H groups in total. The summed E-state index contributed by atoms with van der Waals surface area (Å²) in [6.07, 6.45) is 3.37. The van der Waals surface area contributed by atoms with Gasteiger partial charge in [0.1, 0.15) is 0 Å². The lowest BCUT2D eigenvalue weighted by atomic mass is 10.1. The minimum absolute atomic E-state index is 0.958. The number of thiophene rings is 1. The highest BCUT2D eigenvalue weighted by molar-refractivity contribution is 7.07. The van der Waals surface area contributed by atoms with Gasteiger partial charge in [0.2, 0.25) is 0 Å². The highest BCUT2D eigenvalue weighted by atomic mass is 32.1. The Morgan fingerprint density at radius 2 is 2.10 bits per heavy atom. The molecule has 0 aliphatic heterocycles. The van der Waals surface area contributed by atoms with Crippen molar-refractivity contribution in [2.45, 2.75) is 26.4 Å². The number of nitrogens with zero attached hydrogens (tertiary/aromatic N) is 1. The molecule has 2 aromatic heterocycles. The number of benzene rings is 1. The van der Waals surface area contributed by atoms with Gasteiger partial charge in [-0.3, -0.25) is 0 Å². The van der Waals surface area contributed by atoms with Gasteiger partial charge >= 0.3 is 0 Å². The van der Waals surface area contributed by atoms with Crippen LogP contribution in [0.3, 0.4) is 0 Å². The molecule has 2 heterocycles. The molecule has 3 rings (SSSR count). The molecular formula is C17H20N2S. The first-order valence-electron chi connectivity index (χ1n) is 7.16. The summed E-state index contributed by atoms with van der Waals surface area (Å²) in [5.41, 5.74) is 4.05. The first kappa shape index (κ1) is 13.4. The van der Waals surface area contributed by atoms with Crippen molar-refractivity contribution in [2.75, 3.05) is 6.54 Å². The van der Waals surface area contributed by atoms with Crippen LogP contribution in [0.25, 0.3) is 10.9 Å². The van der Waals surface area contributed by atoms with E-state index in [-0.39, 0.29) is 0 Å². The second-order valence-electron chi connectivity index (χ2n) is 5.15. The second-order valence-corrected chi connectivity index (χ2v) is 5.93. The molecule has 0 fully saturated rings. The summed E-state index contributed by atoms with van der Waals surface area (Å²) in [5, 5.41) is 9.14. The molecule has 0 aliphatic rings. The first-order chi connectivity index (χ1) is 9.86. The molecule has 0 bridgehead atoms. The maximum Gasteiger partial charge on any atom is 0.0484 e. The lowest BCUT2D eigenvalue weighted by Gasteiger charge is -2.06. The van der Waals surface area contributed by atoms with Gasteiger partial charge in [-0.25, -0.2) is 0 Å². The van der Waals surface area contributed by atoms with Gasteiger partial charge < -0.3 is 9.88 Å². The van der Waals surface area contributed by atoms with E-state index in [0.717, 1.165) is 19.6 Å². The first-order valence-corrected chi connectivity index (χ1v) is 8.10. The third-order valence-electron chi connectivity index (χ3n) is 3.52. The van der Waals surface area contributed by atoms with Gasteiger partial charge in [-0.15, -0.1) is 0 Å². The molecule has 1 aromatic carbocycles. The molecule has 0 atom stereocenters. The Hall–Kier alpha value is -1.58. The van der Waals surface area contributed by atoms with Crippen molar-refractivity contribution >= 4 is 22.2 Å². The van der Waals surface area contributed by atoms with Crippen LogP contribution in [0.15, 0.2) is 47.3 Å². The Labute approximate surface area is 124 Å². The topological polar surface area (TPSA) is 17.0 Å². The molecular weight excluding hydrogens is 264 g/mol. The molecule has 0 spiro atoms. The highest BCUT2D eigenvalue weighted by Gasteiger charge is 2.03. The average molecular weight is 284 g/mol. The molecule has 0 aliphatic carbocycles. The van der Waals surface area contributed by atoms with Crippen LogP contribution in [0.2, 0.25) is 0 Å². The fourth-order valence-electron chi connectivity index (χ4n) is 2.49. The Bertz CT molecular complexity index is 667. The molecule has 0 unspecified atom stereocenters. The summed E-state index contributed by atoms with van der Waals surface area (Å²) in [6, 6.07) is 11.2. The number of hydrogen-bond acceptors (Lipinski definition) is 2. The Morgan fingerprint density at radius 3 is 2.90 bits per heavy atom. The smallest absolute Gasteiger partial charge is 0.0484 e. The Kier molecular flexibility index (Phi) is 4.19. The van der Waals surface area contributed by atoms with Gasteiger partial charge in [0.05, 0.1) is 0 Å². The average Bonchev–Trinajstić information content (AvgIpc) is 3.10. The van der Waals surface area contributed by atoms with Crippen LogP contribution < -0.4 is 5.32 Å². The van der Waals surface area contributed by atoms with Crippen molar-refractivity contribution in [1.82, 2.24) is 9.88 Å². The van der Waals surface area contributed by atoms with Gasteiger partial charge in [0, 0.05) is 24.8 Å². The van der Waals surface area contributed by atoms with Crippen LogP contribution in [-0.4, -0.2) is 11.1 Å².